The highest BCUT2D eigenvalue weighted by atomic mass is 16.5. The van der Waals surface area contributed by atoms with Gasteiger partial charge in [-0.3, -0.25) is 4.79 Å². The number of nitrogens with one attached hydrogen (secondary N) is 2. The molecule has 0 bridgehead atoms. The van der Waals surface area contributed by atoms with E-state index in [2.05, 4.69) is 20.8 Å². The van der Waals surface area contributed by atoms with Gasteiger partial charge in [0.15, 0.2) is 5.82 Å². The first-order valence-electron chi connectivity index (χ1n) is 6.81. The van der Waals surface area contributed by atoms with E-state index in [0.29, 0.717) is 42.5 Å². The molecule has 4 N–H and O–H groups in total. The van der Waals surface area contributed by atoms with E-state index in [4.69, 9.17) is 10.3 Å². The van der Waals surface area contributed by atoms with Crippen LogP contribution in [0.2, 0.25) is 0 Å². The Bertz CT molecular complexity index is 624. The van der Waals surface area contributed by atoms with Gasteiger partial charge in [-0.25, -0.2) is 0 Å². The summed E-state index contributed by atoms with van der Waals surface area (Å²) in [7, 11) is 0. The third-order valence-corrected chi connectivity index (χ3v) is 2.88. The SMILES string of the molecule is CCNC(=O)c1ccc(N)c(NCCc2nc(C)no2)c1. The first kappa shape index (κ1) is 14.8. The molecule has 0 atom stereocenters. The van der Waals surface area contributed by atoms with E-state index in [1.165, 1.54) is 0 Å². The molecule has 7 nitrogen and oxygen atoms in total. The van der Waals surface area contributed by atoms with E-state index in [1.807, 2.05) is 6.92 Å². The van der Waals surface area contributed by atoms with Crippen LogP contribution in [0.25, 0.3) is 0 Å². The van der Waals surface area contributed by atoms with Crippen LogP contribution in [0.1, 0.15) is 29.0 Å². The molecule has 7 heteroatoms. The van der Waals surface area contributed by atoms with Gasteiger partial charge in [0.1, 0.15) is 0 Å². The van der Waals surface area contributed by atoms with Crippen molar-refractivity contribution in [3.05, 3.63) is 35.5 Å². The summed E-state index contributed by atoms with van der Waals surface area (Å²) in [6.45, 7) is 4.82. The monoisotopic (exact) mass is 289 g/mol. The summed E-state index contributed by atoms with van der Waals surface area (Å²) in [5.41, 5.74) is 7.78. The van der Waals surface area contributed by atoms with E-state index in [1.54, 1.807) is 25.1 Å². The fourth-order valence-electron chi connectivity index (χ4n) is 1.86. The fourth-order valence-corrected chi connectivity index (χ4v) is 1.86. The summed E-state index contributed by atoms with van der Waals surface area (Å²) in [6.07, 6.45) is 0.589. The Labute approximate surface area is 122 Å². The average molecular weight is 289 g/mol. The van der Waals surface area contributed by atoms with Crippen molar-refractivity contribution in [1.29, 1.82) is 0 Å². The second-order valence-electron chi connectivity index (χ2n) is 4.57. The van der Waals surface area contributed by atoms with Gasteiger partial charge in [0.05, 0.1) is 11.4 Å². The van der Waals surface area contributed by atoms with Crippen LogP contribution < -0.4 is 16.4 Å². The van der Waals surface area contributed by atoms with Crippen molar-refractivity contribution in [2.75, 3.05) is 24.1 Å². The number of hydrogen-bond donors (Lipinski definition) is 3. The van der Waals surface area contributed by atoms with E-state index >= 15 is 0 Å². The molecular formula is C14H19N5O2. The van der Waals surface area contributed by atoms with Crippen LogP contribution in [0.15, 0.2) is 22.7 Å². The third-order valence-electron chi connectivity index (χ3n) is 2.88. The van der Waals surface area contributed by atoms with Crippen molar-refractivity contribution in [3.63, 3.8) is 0 Å². The molecule has 2 rings (SSSR count). The Kier molecular flexibility index (Phi) is 4.76. The Morgan fingerprint density at radius 2 is 2.24 bits per heavy atom. The molecule has 1 aromatic heterocycles. The van der Waals surface area contributed by atoms with Crippen LogP contribution in [0.4, 0.5) is 11.4 Å². The number of amides is 1. The van der Waals surface area contributed by atoms with Gasteiger partial charge in [-0.2, -0.15) is 4.98 Å². The van der Waals surface area contributed by atoms with Gasteiger partial charge < -0.3 is 20.9 Å². The highest BCUT2D eigenvalue weighted by Crippen LogP contribution is 2.20. The van der Waals surface area contributed by atoms with Gasteiger partial charge in [-0.1, -0.05) is 5.16 Å². The maximum absolute atomic E-state index is 11.8. The number of nitrogens with two attached hydrogens (primary N) is 1. The molecule has 0 aliphatic carbocycles. The number of benzene rings is 1. The Morgan fingerprint density at radius 3 is 2.90 bits per heavy atom. The topological polar surface area (TPSA) is 106 Å². The summed E-state index contributed by atoms with van der Waals surface area (Å²) < 4.78 is 5.03. The summed E-state index contributed by atoms with van der Waals surface area (Å²) in [4.78, 5) is 15.9. The standard InChI is InChI=1S/C14H19N5O2/c1-3-16-14(20)10-4-5-11(15)12(8-10)17-7-6-13-18-9(2)19-21-13/h4-5,8,17H,3,6-7,15H2,1-2H3,(H,16,20). The first-order chi connectivity index (χ1) is 10.1. The molecule has 0 unspecified atom stereocenters. The molecule has 0 saturated heterocycles. The largest absolute Gasteiger partial charge is 0.397 e. The predicted molar refractivity (Wildman–Crippen MR) is 80.1 cm³/mol. The molecule has 21 heavy (non-hydrogen) atoms. The molecule has 1 aromatic carbocycles. The van der Waals surface area contributed by atoms with Crippen molar-refractivity contribution in [2.45, 2.75) is 20.3 Å². The lowest BCUT2D eigenvalue weighted by Gasteiger charge is -2.10. The van der Waals surface area contributed by atoms with Crippen LogP contribution in [0.3, 0.4) is 0 Å². The predicted octanol–water partition coefficient (Wildman–Crippen LogP) is 1.36. The quantitative estimate of drug-likeness (QED) is 0.693. The minimum atomic E-state index is -0.118. The zero-order chi connectivity index (χ0) is 15.2. The maximum atomic E-state index is 11.8. The maximum Gasteiger partial charge on any atom is 0.251 e. The highest BCUT2D eigenvalue weighted by Gasteiger charge is 2.08. The molecule has 1 amide bonds. The number of anilines is 2. The van der Waals surface area contributed by atoms with Crippen LogP contribution in [-0.2, 0) is 6.42 Å². The molecule has 2 aromatic rings. The van der Waals surface area contributed by atoms with Crippen molar-refractivity contribution in [1.82, 2.24) is 15.5 Å². The number of aryl methyl sites for hydroxylation is 1. The van der Waals surface area contributed by atoms with Crippen LogP contribution in [-0.4, -0.2) is 29.1 Å². The molecular weight excluding hydrogens is 270 g/mol. The second kappa shape index (κ2) is 6.74. The molecule has 1 heterocycles. The molecule has 0 fully saturated rings. The van der Waals surface area contributed by atoms with Gasteiger partial charge in [0, 0.05) is 25.1 Å². The normalized spacial score (nSPS) is 10.4. The van der Waals surface area contributed by atoms with Crippen molar-refractivity contribution in [3.8, 4) is 0 Å². The zero-order valence-corrected chi connectivity index (χ0v) is 12.1. The lowest BCUT2D eigenvalue weighted by atomic mass is 10.1. The summed E-state index contributed by atoms with van der Waals surface area (Å²) in [5.74, 6) is 1.06. The number of carbonyl (C=O) groups is 1. The van der Waals surface area contributed by atoms with Gasteiger partial charge in [0.2, 0.25) is 5.89 Å². The third kappa shape index (κ3) is 3.95. The van der Waals surface area contributed by atoms with E-state index in [9.17, 15) is 4.79 Å². The molecule has 0 saturated carbocycles. The molecule has 0 aliphatic rings. The zero-order valence-electron chi connectivity index (χ0n) is 12.1. The number of carbonyl (C=O) groups excluding carboxylic acids is 1. The Morgan fingerprint density at radius 1 is 1.43 bits per heavy atom. The van der Waals surface area contributed by atoms with E-state index in [0.717, 1.165) is 5.69 Å². The van der Waals surface area contributed by atoms with Gasteiger partial charge in [-0.05, 0) is 32.0 Å². The lowest BCUT2D eigenvalue weighted by molar-refractivity contribution is 0.0956. The lowest BCUT2D eigenvalue weighted by Crippen LogP contribution is -2.22. The number of rotatable bonds is 6. The van der Waals surface area contributed by atoms with Crippen molar-refractivity contribution in [2.24, 2.45) is 0 Å². The number of hydrogen-bond acceptors (Lipinski definition) is 6. The van der Waals surface area contributed by atoms with Crippen molar-refractivity contribution >= 4 is 17.3 Å². The van der Waals surface area contributed by atoms with Gasteiger partial charge in [-0.15, -0.1) is 0 Å². The fraction of sp³-hybridized carbons (Fsp3) is 0.357. The van der Waals surface area contributed by atoms with Crippen LogP contribution in [0.5, 0.6) is 0 Å². The Hall–Kier alpha value is -2.57. The van der Waals surface area contributed by atoms with E-state index in [-0.39, 0.29) is 5.91 Å². The summed E-state index contributed by atoms with van der Waals surface area (Å²) in [6, 6.07) is 5.15. The highest BCUT2D eigenvalue weighted by molar-refractivity contribution is 5.96. The molecule has 0 aliphatic heterocycles. The summed E-state index contributed by atoms with van der Waals surface area (Å²) in [5, 5.41) is 9.65. The minimum absolute atomic E-state index is 0.118. The van der Waals surface area contributed by atoms with Crippen molar-refractivity contribution < 1.29 is 9.32 Å². The van der Waals surface area contributed by atoms with E-state index < -0.39 is 0 Å². The van der Waals surface area contributed by atoms with Gasteiger partial charge >= 0.3 is 0 Å². The number of nitrogens with zero attached hydrogens (tertiary/aromatic N) is 2. The van der Waals surface area contributed by atoms with Gasteiger partial charge in [0.25, 0.3) is 5.91 Å². The molecule has 0 radical (unpaired) electrons. The summed E-state index contributed by atoms with van der Waals surface area (Å²) >= 11 is 0. The Balaban J connectivity index is 1.98. The molecule has 0 spiro atoms. The number of nitrogen functional groups attached to an aromatic ring is 1. The van der Waals surface area contributed by atoms with Crippen LogP contribution >= 0.6 is 0 Å². The number of aromatic nitrogens is 2. The first-order valence-corrected chi connectivity index (χ1v) is 6.81. The minimum Gasteiger partial charge on any atom is -0.397 e. The second-order valence-corrected chi connectivity index (χ2v) is 4.57. The van der Waals surface area contributed by atoms with Crippen LogP contribution in [0, 0.1) is 6.92 Å². The smallest absolute Gasteiger partial charge is 0.251 e. The average Bonchev–Trinajstić information content (AvgIpc) is 2.87. The molecule has 112 valence electrons.